The van der Waals surface area contributed by atoms with Gasteiger partial charge in [0.2, 0.25) is 0 Å². The van der Waals surface area contributed by atoms with Gasteiger partial charge in [0.25, 0.3) is 0 Å². The zero-order valence-electron chi connectivity index (χ0n) is 4.64. The monoisotopic (exact) mass is 143 g/mol. The van der Waals surface area contributed by atoms with Crippen molar-refractivity contribution in [1.29, 1.82) is 0 Å². The van der Waals surface area contributed by atoms with Crippen LogP contribution in [0, 0.1) is 11.3 Å². The van der Waals surface area contributed by atoms with E-state index >= 15 is 0 Å². The van der Waals surface area contributed by atoms with E-state index in [4.69, 9.17) is 15.3 Å². The van der Waals surface area contributed by atoms with Gasteiger partial charge >= 0.3 is 17.8 Å². The maximum absolute atomic E-state index is 10.3. The van der Waals surface area contributed by atoms with E-state index in [1.807, 2.05) is 0 Å². The first-order chi connectivity index (χ1) is 4.61. The predicted molar refractivity (Wildman–Crippen MR) is 27.0 cm³/mol. The van der Waals surface area contributed by atoms with Gasteiger partial charge in [0.1, 0.15) is 0 Å². The van der Waals surface area contributed by atoms with Crippen LogP contribution in [0.2, 0.25) is 0 Å². The van der Waals surface area contributed by atoms with E-state index in [0.29, 0.717) is 0 Å². The molecule has 0 aromatic carbocycles. The normalized spacial score (nSPS) is 9.60. The molecule has 6 nitrogen and oxygen atoms in total. The summed E-state index contributed by atoms with van der Waals surface area (Å²) in [4.78, 5) is 2.88. The average molecular weight is 143 g/mol. The Labute approximate surface area is 55.2 Å². The van der Waals surface area contributed by atoms with Crippen molar-refractivity contribution in [2.45, 2.75) is 0 Å². The van der Waals surface area contributed by atoms with E-state index in [1.54, 1.807) is 6.07 Å². The van der Waals surface area contributed by atoms with Crippen LogP contribution >= 0.6 is 0 Å². The fourth-order valence-corrected chi connectivity index (χ4v) is 0.414. The van der Waals surface area contributed by atoms with Gasteiger partial charge in [-0.3, -0.25) is 0 Å². The highest BCUT2D eigenvalue weighted by Gasteiger charge is 2.13. The third-order valence-electron chi connectivity index (χ3n) is 0.804. The van der Waals surface area contributed by atoms with Crippen LogP contribution < -0.4 is 4.73 Å². The highest BCUT2D eigenvalue weighted by molar-refractivity contribution is 5.11. The molecule has 0 unspecified atom stereocenters. The lowest BCUT2D eigenvalue weighted by atomic mass is 10.6. The van der Waals surface area contributed by atoms with E-state index in [-0.39, 0.29) is 4.73 Å². The molecule has 0 bridgehead atoms. The second-order valence-corrected chi connectivity index (χ2v) is 1.48. The van der Waals surface area contributed by atoms with Crippen LogP contribution in [0.3, 0.4) is 0 Å². The lowest BCUT2D eigenvalue weighted by Gasteiger charge is -2.00. The highest BCUT2D eigenvalue weighted by Crippen LogP contribution is 2.11. The summed E-state index contributed by atoms with van der Waals surface area (Å²) >= 11 is 0. The minimum atomic E-state index is -1.02. The Balaban J connectivity index is 3.31. The molecule has 0 aliphatic heterocycles. The lowest BCUT2D eigenvalue weighted by molar-refractivity contribution is -0.624. The van der Waals surface area contributed by atoms with Gasteiger partial charge in [0, 0.05) is 4.98 Å². The minimum absolute atomic E-state index is 0.278. The van der Waals surface area contributed by atoms with Gasteiger partial charge in [-0.2, -0.15) is 4.73 Å². The van der Waals surface area contributed by atoms with Crippen LogP contribution in [0.1, 0.15) is 0 Å². The van der Waals surface area contributed by atoms with E-state index in [0.717, 1.165) is 0 Å². The maximum Gasteiger partial charge on any atom is 0.505 e. The Morgan fingerprint density at radius 3 is 2.50 bits per heavy atom. The molecule has 1 aromatic heterocycles. The molecule has 0 saturated heterocycles. The van der Waals surface area contributed by atoms with Gasteiger partial charge in [-0.1, -0.05) is 0 Å². The molecule has 0 aliphatic rings. The quantitative estimate of drug-likeness (QED) is 0.307. The Bertz CT molecular complexity index is 238. The standard InChI is InChI=1S/C4H3N2O4/c7-2-1-3(8)6(10)4(9)5-2/h8H,(H2,5,7,9). The maximum atomic E-state index is 10.3. The third-order valence-corrected chi connectivity index (χ3v) is 0.804. The second-order valence-electron chi connectivity index (χ2n) is 1.48. The fraction of sp³-hybridized carbons (Fsp3) is 0. The van der Waals surface area contributed by atoms with E-state index in [9.17, 15) is 5.21 Å². The van der Waals surface area contributed by atoms with Crippen molar-refractivity contribution in [2.24, 2.45) is 0 Å². The molecule has 1 radical (unpaired) electrons. The summed E-state index contributed by atoms with van der Waals surface area (Å²) in [5.74, 6) is -1.66. The van der Waals surface area contributed by atoms with Gasteiger partial charge in [-0.05, 0) is 0 Å². The Kier molecular flexibility index (Phi) is 1.22. The summed E-state index contributed by atoms with van der Waals surface area (Å²) in [7, 11) is 0. The highest BCUT2D eigenvalue weighted by atomic mass is 16.5. The molecule has 0 atom stereocenters. The number of hydrogen-bond donors (Lipinski definition) is 3. The van der Waals surface area contributed by atoms with Crippen molar-refractivity contribution in [2.75, 3.05) is 0 Å². The SMILES string of the molecule is [O-][n+]1c(O)[c]c(O)nc1O. The van der Waals surface area contributed by atoms with Crippen molar-refractivity contribution >= 4 is 0 Å². The molecule has 3 N–H and O–H groups in total. The summed E-state index contributed by atoms with van der Waals surface area (Å²) in [5, 5.41) is 35.8. The largest absolute Gasteiger partial charge is 0.706 e. The topological polar surface area (TPSA) is 101 Å². The molecule has 10 heavy (non-hydrogen) atoms. The van der Waals surface area contributed by atoms with Crippen molar-refractivity contribution < 1.29 is 20.0 Å². The minimum Gasteiger partial charge on any atom is -0.706 e. The molecule has 1 heterocycles. The van der Waals surface area contributed by atoms with Gasteiger partial charge < -0.3 is 20.5 Å². The predicted octanol–water partition coefficient (Wildman–Crippen LogP) is -1.37. The molecule has 1 aromatic rings. The molecule has 0 amide bonds. The lowest BCUT2D eigenvalue weighted by Crippen LogP contribution is -2.26. The van der Waals surface area contributed by atoms with Crippen LogP contribution in [0.15, 0.2) is 0 Å². The first-order valence-corrected chi connectivity index (χ1v) is 2.25. The summed E-state index contributed by atoms with van der Waals surface area (Å²) in [5.41, 5.74) is 0. The number of rotatable bonds is 0. The molecule has 0 fully saturated rings. The molecule has 0 aliphatic carbocycles. The molecular weight excluding hydrogens is 140 g/mol. The smallest absolute Gasteiger partial charge is 0.505 e. The van der Waals surface area contributed by atoms with Crippen molar-refractivity contribution in [3.05, 3.63) is 11.3 Å². The van der Waals surface area contributed by atoms with Crippen LogP contribution in [-0.2, 0) is 0 Å². The summed E-state index contributed by atoms with van der Waals surface area (Å²) in [6.45, 7) is 0. The number of hydrogen-bond acceptors (Lipinski definition) is 5. The van der Waals surface area contributed by atoms with E-state index in [1.165, 1.54) is 0 Å². The van der Waals surface area contributed by atoms with Crippen molar-refractivity contribution in [1.82, 2.24) is 4.98 Å². The van der Waals surface area contributed by atoms with Crippen LogP contribution in [0.5, 0.6) is 17.8 Å². The summed E-state index contributed by atoms with van der Waals surface area (Å²) in [6, 6.07) is 0.750. The molecule has 53 valence electrons. The van der Waals surface area contributed by atoms with Gasteiger partial charge in [0.15, 0.2) is 6.07 Å². The summed E-state index contributed by atoms with van der Waals surface area (Å²) in [6.07, 6.45) is 0. The van der Waals surface area contributed by atoms with Gasteiger partial charge in [-0.15, -0.1) is 0 Å². The zero-order valence-corrected chi connectivity index (χ0v) is 4.64. The van der Waals surface area contributed by atoms with E-state index < -0.39 is 17.8 Å². The molecule has 0 spiro atoms. The first kappa shape index (κ1) is 6.40. The number of aromatic nitrogens is 2. The summed E-state index contributed by atoms with van der Waals surface area (Å²) < 4.78 is -0.278. The van der Waals surface area contributed by atoms with E-state index in [2.05, 4.69) is 4.98 Å². The van der Waals surface area contributed by atoms with Gasteiger partial charge in [-0.25, -0.2) is 0 Å². The van der Waals surface area contributed by atoms with Crippen LogP contribution in [-0.4, -0.2) is 20.3 Å². The Morgan fingerprint density at radius 2 is 2.00 bits per heavy atom. The number of nitrogens with zero attached hydrogens (tertiary/aromatic N) is 2. The Morgan fingerprint density at radius 1 is 1.40 bits per heavy atom. The molecular formula is C4H3N2O4. The zero-order chi connectivity index (χ0) is 7.72. The second kappa shape index (κ2) is 1.90. The fourth-order valence-electron chi connectivity index (χ4n) is 0.414. The third kappa shape index (κ3) is 0.859. The Hall–Kier alpha value is -1.72. The average Bonchev–Trinajstić information content (AvgIpc) is 1.82. The van der Waals surface area contributed by atoms with Crippen LogP contribution in [0.4, 0.5) is 0 Å². The van der Waals surface area contributed by atoms with Crippen molar-refractivity contribution in [3.63, 3.8) is 0 Å². The molecule has 0 saturated carbocycles. The van der Waals surface area contributed by atoms with Gasteiger partial charge in [0.05, 0.1) is 0 Å². The molecule has 1 rings (SSSR count). The first-order valence-electron chi connectivity index (χ1n) is 2.25. The number of aromatic hydroxyl groups is 3. The van der Waals surface area contributed by atoms with Crippen LogP contribution in [0.25, 0.3) is 0 Å². The molecule has 6 heteroatoms. The van der Waals surface area contributed by atoms with Crippen molar-refractivity contribution in [3.8, 4) is 17.8 Å².